The Morgan fingerprint density at radius 1 is 1.07 bits per heavy atom. The second kappa shape index (κ2) is 8.24. The molecule has 4 aromatic rings. The quantitative estimate of drug-likeness (QED) is 0.492. The predicted octanol–water partition coefficient (Wildman–Crippen LogP) is 3.06. The van der Waals surface area contributed by atoms with Gasteiger partial charge in [-0.3, -0.25) is 4.79 Å². The molecule has 1 amide bonds. The predicted molar refractivity (Wildman–Crippen MR) is 105 cm³/mol. The fourth-order valence-corrected chi connectivity index (χ4v) is 3.04. The lowest BCUT2D eigenvalue weighted by molar-refractivity contribution is 0.0779. The highest BCUT2D eigenvalue weighted by Gasteiger charge is 2.17. The van der Waals surface area contributed by atoms with Gasteiger partial charge in [-0.05, 0) is 35.9 Å². The summed E-state index contributed by atoms with van der Waals surface area (Å²) in [7, 11) is 1.65. The molecule has 152 valence electrons. The van der Waals surface area contributed by atoms with E-state index in [4.69, 9.17) is 0 Å². The number of hydrogen-bond donors (Lipinski definition) is 0. The molecule has 7 nitrogen and oxygen atoms in total. The first-order valence-electron chi connectivity index (χ1n) is 9.19. The van der Waals surface area contributed by atoms with Crippen LogP contribution in [0, 0.1) is 11.6 Å². The van der Waals surface area contributed by atoms with Crippen LogP contribution in [0.15, 0.2) is 67.1 Å². The van der Waals surface area contributed by atoms with Gasteiger partial charge in [0.15, 0.2) is 5.69 Å². The van der Waals surface area contributed by atoms with Crippen molar-refractivity contribution in [1.29, 1.82) is 0 Å². The minimum Gasteiger partial charge on any atom is -0.336 e. The summed E-state index contributed by atoms with van der Waals surface area (Å²) in [6.45, 7) is 0.213. The largest absolute Gasteiger partial charge is 0.336 e. The molecule has 0 spiro atoms. The van der Waals surface area contributed by atoms with Gasteiger partial charge in [0, 0.05) is 31.5 Å². The van der Waals surface area contributed by atoms with Gasteiger partial charge in [-0.2, -0.15) is 5.10 Å². The van der Waals surface area contributed by atoms with Gasteiger partial charge in [-0.15, -0.1) is 5.10 Å². The van der Waals surface area contributed by atoms with Gasteiger partial charge in [0.05, 0.1) is 18.4 Å². The van der Waals surface area contributed by atoms with Crippen LogP contribution in [0.2, 0.25) is 0 Å². The lowest BCUT2D eigenvalue weighted by Gasteiger charge is -2.16. The van der Waals surface area contributed by atoms with Crippen LogP contribution in [0.5, 0.6) is 0 Å². The van der Waals surface area contributed by atoms with E-state index in [-0.39, 0.29) is 23.7 Å². The van der Waals surface area contributed by atoms with E-state index in [1.54, 1.807) is 17.9 Å². The van der Waals surface area contributed by atoms with Crippen molar-refractivity contribution in [2.75, 3.05) is 7.05 Å². The SMILES string of the molecule is CN(Cc1ccc(-n2cccn2)cc1)C(=O)c1cn(Cc2c(F)cccc2F)nn1. The first-order valence-corrected chi connectivity index (χ1v) is 9.19. The van der Waals surface area contributed by atoms with Crippen molar-refractivity contribution in [3.05, 3.63) is 95.6 Å². The standard InChI is InChI=1S/C21H18F2N6O/c1-27(12-15-6-8-16(9-7-15)29-11-3-10-24-29)21(30)20-14-28(26-25-20)13-17-18(22)4-2-5-19(17)23/h2-11,14H,12-13H2,1H3. The maximum absolute atomic E-state index is 13.8. The Morgan fingerprint density at radius 2 is 1.80 bits per heavy atom. The lowest BCUT2D eigenvalue weighted by atomic mass is 10.2. The number of benzene rings is 2. The van der Waals surface area contributed by atoms with Crippen LogP contribution in [0.3, 0.4) is 0 Å². The van der Waals surface area contributed by atoms with Crippen LogP contribution in [-0.2, 0) is 13.1 Å². The Balaban J connectivity index is 1.42. The molecule has 2 aromatic carbocycles. The van der Waals surface area contributed by atoms with Gasteiger partial charge in [-0.25, -0.2) is 18.1 Å². The van der Waals surface area contributed by atoms with Crippen LogP contribution in [0.4, 0.5) is 8.78 Å². The van der Waals surface area contributed by atoms with Crippen molar-refractivity contribution in [2.45, 2.75) is 13.1 Å². The Kier molecular flexibility index (Phi) is 5.34. The Bertz CT molecular complexity index is 1130. The summed E-state index contributed by atoms with van der Waals surface area (Å²) >= 11 is 0. The molecular weight excluding hydrogens is 390 g/mol. The van der Waals surface area contributed by atoms with E-state index < -0.39 is 11.6 Å². The van der Waals surface area contributed by atoms with E-state index in [0.29, 0.717) is 6.54 Å². The molecule has 0 aliphatic carbocycles. The van der Waals surface area contributed by atoms with Crippen molar-refractivity contribution in [3.63, 3.8) is 0 Å². The summed E-state index contributed by atoms with van der Waals surface area (Å²) in [5.74, 6) is -1.69. The summed E-state index contributed by atoms with van der Waals surface area (Å²) in [5, 5.41) is 11.8. The molecule has 0 atom stereocenters. The molecule has 0 saturated heterocycles. The smallest absolute Gasteiger partial charge is 0.276 e. The first kappa shape index (κ1) is 19.4. The third-order valence-electron chi connectivity index (χ3n) is 4.61. The molecule has 4 rings (SSSR count). The molecule has 2 heterocycles. The van der Waals surface area contributed by atoms with Gasteiger partial charge in [0.2, 0.25) is 0 Å². The van der Waals surface area contributed by atoms with Crippen LogP contribution < -0.4 is 0 Å². The average molecular weight is 408 g/mol. The molecule has 0 bridgehead atoms. The summed E-state index contributed by atoms with van der Waals surface area (Å²) in [5.41, 5.74) is 1.82. The van der Waals surface area contributed by atoms with E-state index >= 15 is 0 Å². The molecule has 30 heavy (non-hydrogen) atoms. The Morgan fingerprint density at radius 3 is 2.47 bits per heavy atom. The number of carbonyl (C=O) groups excluding carboxylic acids is 1. The van der Waals surface area contributed by atoms with Gasteiger partial charge < -0.3 is 4.90 Å². The average Bonchev–Trinajstić information content (AvgIpc) is 3.43. The highest BCUT2D eigenvalue weighted by molar-refractivity contribution is 5.91. The highest BCUT2D eigenvalue weighted by Crippen LogP contribution is 2.14. The maximum atomic E-state index is 13.8. The summed E-state index contributed by atoms with van der Waals surface area (Å²) in [6.07, 6.45) is 4.93. The molecule has 0 unspecified atom stereocenters. The van der Waals surface area contributed by atoms with Crippen molar-refractivity contribution in [2.24, 2.45) is 0 Å². The van der Waals surface area contributed by atoms with E-state index in [1.165, 1.54) is 34.0 Å². The maximum Gasteiger partial charge on any atom is 0.276 e. The lowest BCUT2D eigenvalue weighted by Crippen LogP contribution is -2.26. The number of nitrogens with zero attached hydrogens (tertiary/aromatic N) is 6. The van der Waals surface area contributed by atoms with Crippen molar-refractivity contribution in [1.82, 2.24) is 29.7 Å². The van der Waals surface area contributed by atoms with Crippen LogP contribution in [0.25, 0.3) is 5.69 Å². The molecule has 0 aliphatic rings. The zero-order valence-corrected chi connectivity index (χ0v) is 16.1. The minimum absolute atomic E-state index is 0.0995. The molecule has 9 heteroatoms. The topological polar surface area (TPSA) is 68.8 Å². The molecule has 0 saturated carbocycles. The highest BCUT2D eigenvalue weighted by atomic mass is 19.1. The Hall–Kier alpha value is -3.88. The zero-order chi connectivity index (χ0) is 21.1. The third-order valence-corrected chi connectivity index (χ3v) is 4.61. The summed E-state index contributed by atoms with van der Waals surface area (Å²) < 4.78 is 30.6. The number of aromatic nitrogens is 5. The van der Waals surface area contributed by atoms with Crippen LogP contribution in [0.1, 0.15) is 21.6 Å². The second-order valence-electron chi connectivity index (χ2n) is 6.78. The van der Waals surface area contributed by atoms with Crippen molar-refractivity contribution < 1.29 is 13.6 Å². The molecule has 0 aliphatic heterocycles. The van der Waals surface area contributed by atoms with E-state index in [0.717, 1.165) is 11.3 Å². The number of halogens is 2. The van der Waals surface area contributed by atoms with Gasteiger partial charge >= 0.3 is 0 Å². The molecule has 2 aromatic heterocycles. The van der Waals surface area contributed by atoms with E-state index in [9.17, 15) is 13.6 Å². The first-order chi connectivity index (χ1) is 14.5. The number of hydrogen-bond acceptors (Lipinski definition) is 4. The molecule has 0 radical (unpaired) electrons. The zero-order valence-electron chi connectivity index (χ0n) is 16.1. The second-order valence-corrected chi connectivity index (χ2v) is 6.78. The summed E-state index contributed by atoms with van der Waals surface area (Å²) in [6, 6.07) is 13.1. The van der Waals surface area contributed by atoms with Crippen molar-refractivity contribution in [3.8, 4) is 5.69 Å². The normalized spacial score (nSPS) is 10.9. The third kappa shape index (κ3) is 4.09. The van der Waals surface area contributed by atoms with Crippen LogP contribution in [-0.4, -0.2) is 42.6 Å². The number of carbonyl (C=O) groups is 1. The van der Waals surface area contributed by atoms with E-state index in [1.807, 2.05) is 36.5 Å². The fourth-order valence-electron chi connectivity index (χ4n) is 3.04. The van der Waals surface area contributed by atoms with Crippen molar-refractivity contribution >= 4 is 5.91 Å². The molecule has 0 fully saturated rings. The Labute approximate surface area is 171 Å². The fraction of sp³-hybridized carbons (Fsp3) is 0.143. The van der Waals surface area contributed by atoms with E-state index in [2.05, 4.69) is 15.4 Å². The van der Waals surface area contributed by atoms with Crippen LogP contribution >= 0.6 is 0 Å². The van der Waals surface area contributed by atoms with Gasteiger partial charge in [-0.1, -0.05) is 23.4 Å². The monoisotopic (exact) mass is 408 g/mol. The minimum atomic E-state index is -0.672. The van der Waals surface area contributed by atoms with Gasteiger partial charge in [0.25, 0.3) is 5.91 Å². The molecular formula is C21H18F2N6O. The number of rotatable bonds is 6. The van der Waals surface area contributed by atoms with Gasteiger partial charge in [0.1, 0.15) is 11.6 Å². The summed E-state index contributed by atoms with van der Waals surface area (Å²) in [4.78, 5) is 14.2. The molecule has 0 N–H and O–H groups in total. The number of amides is 1.